The normalized spacial score (nSPS) is 21.1. The van der Waals surface area contributed by atoms with Crippen LogP contribution < -0.4 is 10.6 Å². The van der Waals surface area contributed by atoms with Gasteiger partial charge in [0.2, 0.25) is 0 Å². The Morgan fingerprint density at radius 3 is 2.85 bits per heavy atom. The average Bonchev–Trinajstić information content (AvgIpc) is 2.65. The smallest absolute Gasteiger partial charge is 0.332 e. The third-order valence-electron chi connectivity index (χ3n) is 3.14. The van der Waals surface area contributed by atoms with Gasteiger partial charge in [0.15, 0.2) is 0 Å². The summed E-state index contributed by atoms with van der Waals surface area (Å²) in [5.74, 6) is -0.286. The predicted octanol–water partition coefficient (Wildman–Crippen LogP) is 2.52. The van der Waals surface area contributed by atoms with Crippen LogP contribution in [0.25, 0.3) is 0 Å². The Balaban J connectivity index is 2.10. The molecule has 2 N–H and O–H groups in total. The molecule has 1 aromatic rings. The van der Waals surface area contributed by atoms with Crippen molar-refractivity contribution in [3.05, 3.63) is 46.1 Å². The van der Waals surface area contributed by atoms with Crippen LogP contribution >= 0.6 is 15.9 Å². The summed E-state index contributed by atoms with van der Waals surface area (Å²) in [4.78, 5) is 11.5. The lowest BCUT2D eigenvalue weighted by Gasteiger charge is -2.16. The molecule has 0 saturated carbocycles. The van der Waals surface area contributed by atoms with E-state index in [4.69, 9.17) is 4.74 Å². The summed E-state index contributed by atoms with van der Waals surface area (Å²) in [6.45, 7) is 3.87. The molecule has 1 aliphatic heterocycles. The van der Waals surface area contributed by atoms with Gasteiger partial charge in [0, 0.05) is 41.8 Å². The van der Waals surface area contributed by atoms with Gasteiger partial charge in [-0.05, 0) is 24.6 Å². The van der Waals surface area contributed by atoms with Gasteiger partial charge < -0.3 is 15.4 Å². The van der Waals surface area contributed by atoms with Crippen molar-refractivity contribution in [3.63, 3.8) is 0 Å². The fourth-order valence-electron chi connectivity index (χ4n) is 2.20. The lowest BCUT2D eigenvalue weighted by molar-refractivity contribution is -0.137. The van der Waals surface area contributed by atoms with Crippen molar-refractivity contribution < 1.29 is 9.53 Å². The number of halogens is 1. The van der Waals surface area contributed by atoms with Crippen molar-refractivity contribution in [1.82, 2.24) is 10.6 Å². The van der Waals surface area contributed by atoms with Gasteiger partial charge in [0.05, 0.1) is 6.61 Å². The first-order chi connectivity index (χ1) is 9.69. The molecule has 0 aromatic heterocycles. The summed E-state index contributed by atoms with van der Waals surface area (Å²) >= 11 is 3.44. The molecule has 1 aromatic carbocycles. The zero-order valence-electron chi connectivity index (χ0n) is 11.5. The molecule has 5 heteroatoms. The van der Waals surface area contributed by atoms with E-state index in [1.165, 1.54) is 5.56 Å². The first-order valence-corrected chi connectivity index (χ1v) is 7.58. The van der Waals surface area contributed by atoms with Crippen molar-refractivity contribution >= 4 is 21.9 Å². The second-order valence-corrected chi connectivity index (χ2v) is 5.53. The number of esters is 1. The fourth-order valence-corrected chi connectivity index (χ4v) is 2.46. The maximum absolute atomic E-state index is 11.5. The number of rotatable bonds is 3. The van der Waals surface area contributed by atoms with Crippen LogP contribution in [0.3, 0.4) is 0 Å². The lowest BCUT2D eigenvalue weighted by Crippen LogP contribution is -2.23. The van der Waals surface area contributed by atoms with Crippen LogP contribution in [0.1, 0.15) is 24.9 Å². The Morgan fingerprint density at radius 1 is 1.40 bits per heavy atom. The monoisotopic (exact) mass is 338 g/mol. The molecular weight excluding hydrogens is 320 g/mol. The number of carbonyl (C=O) groups is 1. The molecular formula is C15H19BrN2O2. The molecule has 20 heavy (non-hydrogen) atoms. The number of benzene rings is 1. The van der Waals surface area contributed by atoms with Gasteiger partial charge in [0.1, 0.15) is 0 Å². The molecule has 1 atom stereocenters. The molecule has 0 spiro atoms. The van der Waals surface area contributed by atoms with Gasteiger partial charge in [-0.15, -0.1) is 0 Å². The third kappa shape index (κ3) is 4.35. The molecule has 1 unspecified atom stereocenters. The van der Waals surface area contributed by atoms with E-state index < -0.39 is 0 Å². The molecule has 1 aliphatic rings. The van der Waals surface area contributed by atoms with Crippen LogP contribution in [-0.4, -0.2) is 25.7 Å². The molecule has 0 aliphatic carbocycles. The number of hydrogen-bond acceptors (Lipinski definition) is 4. The van der Waals surface area contributed by atoms with E-state index >= 15 is 0 Å². The number of ether oxygens (including phenoxy) is 1. The summed E-state index contributed by atoms with van der Waals surface area (Å²) in [7, 11) is 0. The Hall–Kier alpha value is -1.33. The van der Waals surface area contributed by atoms with E-state index in [2.05, 4.69) is 38.7 Å². The molecule has 0 amide bonds. The van der Waals surface area contributed by atoms with Gasteiger partial charge in [-0.2, -0.15) is 0 Å². The van der Waals surface area contributed by atoms with Gasteiger partial charge in [-0.3, -0.25) is 0 Å². The van der Waals surface area contributed by atoms with Crippen molar-refractivity contribution in [1.29, 1.82) is 0 Å². The first kappa shape index (κ1) is 15.1. The summed E-state index contributed by atoms with van der Waals surface area (Å²) in [6.07, 6.45) is 2.31. The molecule has 0 radical (unpaired) electrons. The average molecular weight is 339 g/mol. The predicted molar refractivity (Wildman–Crippen MR) is 82.2 cm³/mol. The van der Waals surface area contributed by atoms with Crippen molar-refractivity contribution in [3.8, 4) is 0 Å². The van der Waals surface area contributed by atoms with Gasteiger partial charge >= 0.3 is 5.97 Å². The van der Waals surface area contributed by atoms with E-state index in [-0.39, 0.29) is 12.0 Å². The molecule has 4 nitrogen and oxygen atoms in total. The molecule has 1 heterocycles. The maximum Gasteiger partial charge on any atom is 0.332 e. The largest absolute Gasteiger partial charge is 0.463 e. The van der Waals surface area contributed by atoms with Crippen LogP contribution in [0.4, 0.5) is 0 Å². The first-order valence-electron chi connectivity index (χ1n) is 6.79. The molecule has 2 rings (SSSR count). The Kier molecular flexibility index (Phi) is 5.61. The Bertz CT molecular complexity index is 485. The van der Waals surface area contributed by atoms with Gasteiger partial charge in [-0.25, -0.2) is 4.79 Å². The van der Waals surface area contributed by atoms with Crippen LogP contribution in [0.2, 0.25) is 0 Å². The minimum absolute atomic E-state index is 0.207. The van der Waals surface area contributed by atoms with Crippen LogP contribution in [0, 0.1) is 0 Å². The Morgan fingerprint density at radius 2 is 2.15 bits per heavy atom. The highest BCUT2D eigenvalue weighted by atomic mass is 79.9. The SMILES string of the molecule is CCOC(=O)/C=C1\CC(c2ccc(Br)cc2)NCCN1. The van der Waals surface area contributed by atoms with Crippen molar-refractivity contribution in [2.45, 2.75) is 19.4 Å². The minimum Gasteiger partial charge on any atom is -0.463 e. The number of nitrogens with one attached hydrogen (secondary N) is 2. The fraction of sp³-hybridized carbons (Fsp3) is 0.400. The standard InChI is InChI=1S/C15H19BrN2O2/c1-2-20-15(19)10-13-9-14(18-8-7-17-13)11-3-5-12(16)6-4-11/h3-6,10,14,17-18H,2,7-9H2,1H3/b13-10+. The van der Waals surface area contributed by atoms with Crippen molar-refractivity contribution in [2.24, 2.45) is 0 Å². The van der Waals surface area contributed by atoms with Crippen molar-refractivity contribution in [2.75, 3.05) is 19.7 Å². The maximum atomic E-state index is 11.5. The summed E-state index contributed by atoms with van der Waals surface area (Å²) < 4.78 is 6.03. The molecule has 0 bridgehead atoms. The quantitative estimate of drug-likeness (QED) is 0.656. The van der Waals surface area contributed by atoms with Crippen LogP contribution in [-0.2, 0) is 9.53 Å². The lowest BCUT2D eigenvalue weighted by atomic mass is 10.0. The van der Waals surface area contributed by atoms with Crippen LogP contribution in [0.15, 0.2) is 40.5 Å². The zero-order valence-corrected chi connectivity index (χ0v) is 13.1. The molecule has 108 valence electrons. The summed E-state index contributed by atoms with van der Waals surface area (Å²) in [5.41, 5.74) is 2.13. The van der Waals surface area contributed by atoms with E-state index in [1.807, 2.05) is 19.1 Å². The van der Waals surface area contributed by atoms with Gasteiger partial charge in [-0.1, -0.05) is 28.1 Å². The zero-order chi connectivity index (χ0) is 14.4. The molecule has 1 fully saturated rings. The second-order valence-electron chi connectivity index (χ2n) is 4.61. The van der Waals surface area contributed by atoms with E-state index in [0.717, 1.165) is 29.7 Å². The highest BCUT2D eigenvalue weighted by Crippen LogP contribution is 2.23. The van der Waals surface area contributed by atoms with Gasteiger partial charge in [0.25, 0.3) is 0 Å². The highest BCUT2D eigenvalue weighted by molar-refractivity contribution is 9.10. The second kappa shape index (κ2) is 7.45. The minimum atomic E-state index is -0.286. The highest BCUT2D eigenvalue weighted by Gasteiger charge is 2.17. The topological polar surface area (TPSA) is 50.4 Å². The van der Waals surface area contributed by atoms with Crippen LogP contribution in [0.5, 0.6) is 0 Å². The summed E-state index contributed by atoms with van der Waals surface area (Å²) in [6, 6.07) is 8.46. The van der Waals surface area contributed by atoms with E-state index in [1.54, 1.807) is 6.08 Å². The molecule has 1 saturated heterocycles. The van der Waals surface area contributed by atoms with E-state index in [0.29, 0.717) is 6.61 Å². The number of carbonyl (C=O) groups excluding carboxylic acids is 1. The van der Waals surface area contributed by atoms with E-state index in [9.17, 15) is 4.79 Å². The number of hydrogen-bond donors (Lipinski definition) is 2. The summed E-state index contributed by atoms with van der Waals surface area (Å²) in [5, 5.41) is 6.75. The Labute approximate surface area is 127 Å². The third-order valence-corrected chi connectivity index (χ3v) is 3.67.